The van der Waals surface area contributed by atoms with Gasteiger partial charge in [-0.2, -0.15) is 11.8 Å². The number of carbonyl (C=O) groups excluding carboxylic acids is 1. The molecule has 2 heterocycles. The lowest BCUT2D eigenvalue weighted by atomic mass is 10.0. The second kappa shape index (κ2) is 7.61. The topological polar surface area (TPSA) is 86.9 Å². The van der Waals surface area contributed by atoms with Crippen molar-refractivity contribution in [2.24, 2.45) is 5.92 Å². The van der Waals surface area contributed by atoms with Crippen LogP contribution in [0.4, 0.5) is 0 Å². The van der Waals surface area contributed by atoms with Gasteiger partial charge in [0.15, 0.2) is 0 Å². The molecule has 3 N–H and O–H groups in total. The Labute approximate surface area is 138 Å². The van der Waals surface area contributed by atoms with Crippen LogP contribution in [0.3, 0.4) is 0 Å². The van der Waals surface area contributed by atoms with Crippen LogP contribution >= 0.6 is 11.8 Å². The summed E-state index contributed by atoms with van der Waals surface area (Å²) in [6.45, 7) is 2.75. The van der Waals surface area contributed by atoms with Crippen LogP contribution in [0.1, 0.15) is 12.2 Å². The lowest BCUT2D eigenvalue weighted by molar-refractivity contribution is -0.120. The van der Waals surface area contributed by atoms with Crippen molar-refractivity contribution in [1.82, 2.24) is 20.6 Å². The quantitative estimate of drug-likeness (QED) is 0.655. The van der Waals surface area contributed by atoms with Crippen LogP contribution in [0.25, 0.3) is 10.9 Å². The summed E-state index contributed by atoms with van der Waals surface area (Å²) in [5.41, 5.74) is 0.594. The van der Waals surface area contributed by atoms with Gasteiger partial charge in [-0.1, -0.05) is 12.1 Å². The van der Waals surface area contributed by atoms with E-state index in [0.717, 1.165) is 19.6 Å². The smallest absolute Gasteiger partial charge is 0.258 e. The van der Waals surface area contributed by atoms with Gasteiger partial charge >= 0.3 is 0 Å². The molecule has 6 nitrogen and oxygen atoms in total. The maximum Gasteiger partial charge on any atom is 0.258 e. The molecule has 0 radical (unpaired) electrons. The number of carbonyl (C=O) groups is 1. The highest BCUT2D eigenvalue weighted by atomic mass is 32.2. The Kier molecular flexibility index (Phi) is 5.30. The maximum atomic E-state index is 11.9. The molecule has 0 spiro atoms. The number of hydrogen-bond acceptors (Lipinski definition) is 5. The van der Waals surface area contributed by atoms with Gasteiger partial charge in [-0.05, 0) is 12.1 Å². The monoisotopic (exact) mass is 332 g/mol. The van der Waals surface area contributed by atoms with E-state index in [1.54, 1.807) is 17.8 Å². The van der Waals surface area contributed by atoms with Crippen molar-refractivity contribution >= 4 is 28.6 Å². The molecule has 0 unspecified atom stereocenters. The fourth-order valence-corrected chi connectivity index (χ4v) is 3.18. The molecular formula is C16H20N4O2S. The van der Waals surface area contributed by atoms with E-state index in [4.69, 9.17) is 0 Å². The zero-order chi connectivity index (χ0) is 16.1. The number of rotatable bonds is 7. The summed E-state index contributed by atoms with van der Waals surface area (Å²) in [6, 6.07) is 7.29. The number of nitrogens with one attached hydrogen (secondary N) is 3. The van der Waals surface area contributed by atoms with Gasteiger partial charge in [0.25, 0.3) is 5.56 Å². The molecule has 23 heavy (non-hydrogen) atoms. The number of para-hydroxylation sites is 1. The maximum absolute atomic E-state index is 11.9. The highest BCUT2D eigenvalue weighted by molar-refractivity contribution is 7.98. The van der Waals surface area contributed by atoms with Crippen LogP contribution in [0.2, 0.25) is 0 Å². The second-order valence-electron chi connectivity index (χ2n) is 5.66. The van der Waals surface area contributed by atoms with Crippen LogP contribution in [-0.4, -0.2) is 41.3 Å². The van der Waals surface area contributed by atoms with E-state index in [9.17, 15) is 9.59 Å². The highest BCUT2D eigenvalue weighted by Crippen LogP contribution is 2.12. The summed E-state index contributed by atoms with van der Waals surface area (Å²) in [5, 5.41) is 6.73. The predicted molar refractivity (Wildman–Crippen MR) is 92.5 cm³/mol. The molecule has 1 aromatic carbocycles. The predicted octanol–water partition coefficient (Wildman–Crippen LogP) is 0.882. The van der Waals surface area contributed by atoms with Gasteiger partial charge in [-0.15, -0.1) is 0 Å². The standard InChI is InChI=1S/C16H20N4O2S/c21-15(18-9-11-7-17-8-11)5-6-23-10-14-19-13-4-2-1-3-12(13)16(22)20-14/h1-4,11,17H,5-10H2,(H,18,21)(H,19,20,22). The van der Waals surface area contributed by atoms with Crippen molar-refractivity contribution in [1.29, 1.82) is 0 Å². The third kappa shape index (κ3) is 4.33. The highest BCUT2D eigenvalue weighted by Gasteiger charge is 2.16. The Hall–Kier alpha value is -1.86. The van der Waals surface area contributed by atoms with Crippen molar-refractivity contribution in [2.75, 3.05) is 25.4 Å². The fourth-order valence-electron chi connectivity index (χ4n) is 2.38. The summed E-state index contributed by atoms with van der Waals surface area (Å²) in [5.74, 6) is 2.63. The van der Waals surface area contributed by atoms with Gasteiger partial charge in [0.2, 0.25) is 5.91 Å². The largest absolute Gasteiger partial charge is 0.356 e. The first-order chi connectivity index (χ1) is 11.2. The Morgan fingerprint density at radius 2 is 2.17 bits per heavy atom. The average molecular weight is 332 g/mol. The third-order valence-corrected chi connectivity index (χ3v) is 4.80. The first-order valence-electron chi connectivity index (χ1n) is 7.75. The number of aromatic amines is 1. The molecule has 122 valence electrons. The summed E-state index contributed by atoms with van der Waals surface area (Å²) < 4.78 is 0. The Morgan fingerprint density at radius 1 is 1.35 bits per heavy atom. The van der Waals surface area contributed by atoms with Gasteiger partial charge in [0, 0.05) is 37.7 Å². The average Bonchev–Trinajstić information content (AvgIpc) is 2.50. The molecule has 1 amide bonds. The third-order valence-electron chi connectivity index (χ3n) is 3.83. The molecule has 0 saturated carbocycles. The minimum absolute atomic E-state index is 0.0874. The normalized spacial score (nSPS) is 14.6. The summed E-state index contributed by atoms with van der Waals surface area (Å²) in [7, 11) is 0. The molecular weight excluding hydrogens is 312 g/mol. The molecule has 1 aliphatic rings. The molecule has 0 aliphatic carbocycles. The lowest BCUT2D eigenvalue weighted by Gasteiger charge is -2.27. The van der Waals surface area contributed by atoms with Crippen LogP contribution in [-0.2, 0) is 10.5 Å². The zero-order valence-corrected chi connectivity index (χ0v) is 13.6. The first kappa shape index (κ1) is 16.0. The van der Waals surface area contributed by atoms with Crippen LogP contribution in [0.15, 0.2) is 29.1 Å². The van der Waals surface area contributed by atoms with Gasteiger partial charge in [0.05, 0.1) is 16.7 Å². The number of aromatic nitrogens is 2. The van der Waals surface area contributed by atoms with Crippen molar-refractivity contribution in [3.8, 4) is 0 Å². The molecule has 1 saturated heterocycles. The molecule has 0 atom stereocenters. The molecule has 2 aromatic rings. The number of thioether (sulfide) groups is 1. The zero-order valence-electron chi connectivity index (χ0n) is 12.8. The van der Waals surface area contributed by atoms with Crippen molar-refractivity contribution in [3.05, 3.63) is 40.4 Å². The summed E-state index contributed by atoms with van der Waals surface area (Å²) in [4.78, 5) is 30.9. The van der Waals surface area contributed by atoms with Crippen LogP contribution in [0.5, 0.6) is 0 Å². The molecule has 1 fully saturated rings. The minimum atomic E-state index is -0.113. The number of benzene rings is 1. The van der Waals surface area contributed by atoms with E-state index in [1.165, 1.54) is 0 Å². The molecule has 0 bridgehead atoms. The van der Waals surface area contributed by atoms with Gasteiger partial charge in [-0.25, -0.2) is 4.98 Å². The lowest BCUT2D eigenvalue weighted by Crippen LogP contribution is -2.48. The number of amides is 1. The molecule has 7 heteroatoms. The van der Waals surface area contributed by atoms with Crippen molar-refractivity contribution < 1.29 is 4.79 Å². The number of nitrogens with zero attached hydrogens (tertiary/aromatic N) is 1. The number of hydrogen-bond donors (Lipinski definition) is 3. The van der Waals surface area contributed by atoms with Crippen LogP contribution < -0.4 is 16.2 Å². The van der Waals surface area contributed by atoms with Gasteiger partial charge in [-0.3, -0.25) is 9.59 Å². The number of H-pyrrole nitrogens is 1. The Balaban J connectivity index is 1.43. The number of fused-ring (bicyclic) bond motifs is 1. The molecule has 1 aromatic heterocycles. The van der Waals surface area contributed by atoms with Crippen molar-refractivity contribution in [3.63, 3.8) is 0 Å². The Bertz CT molecular complexity index is 742. The van der Waals surface area contributed by atoms with E-state index >= 15 is 0 Å². The van der Waals surface area contributed by atoms with Crippen molar-refractivity contribution in [2.45, 2.75) is 12.2 Å². The first-order valence-corrected chi connectivity index (χ1v) is 8.91. The fraction of sp³-hybridized carbons (Fsp3) is 0.438. The van der Waals surface area contributed by atoms with E-state index in [-0.39, 0.29) is 11.5 Å². The summed E-state index contributed by atoms with van der Waals surface area (Å²) >= 11 is 1.60. The van der Waals surface area contributed by atoms with Crippen LogP contribution in [0, 0.1) is 5.92 Å². The second-order valence-corrected chi connectivity index (χ2v) is 6.77. The van der Waals surface area contributed by atoms with E-state index in [0.29, 0.717) is 40.6 Å². The SMILES string of the molecule is O=C(CCSCc1nc2ccccc2c(=O)[nH]1)NCC1CNC1. The van der Waals surface area contributed by atoms with E-state index < -0.39 is 0 Å². The molecule has 3 rings (SSSR count). The Morgan fingerprint density at radius 3 is 2.96 bits per heavy atom. The molecule has 1 aliphatic heterocycles. The van der Waals surface area contributed by atoms with Gasteiger partial charge in [0.1, 0.15) is 5.82 Å². The minimum Gasteiger partial charge on any atom is -0.356 e. The summed E-state index contributed by atoms with van der Waals surface area (Å²) in [6.07, 6.45) is 0.489. The van der Waals surface area contributed by atoms with E-state index in [2.05, 4.69) is 20.6 Å². The van der Waals surface area contributed by atoms with E-state index in [1.807, 2.05) is 18.2 Å². The van der Waals surface area contributed by atoms with Gasteiger partial charge < -0.3 is 15.6 Å².